The van der Waals surface area contributed by atoms with E-state index < -0.39 is 6.10 Å². The van der Waals surface area contributed by atoms with Gasteiger partial charge in [-0.15, -0.1) is 0 Å². The zero-order valence-corrected chi connectivity index (χ0v) is 14.5. The second-order valence-corrected chi connectivity index (χ2v) is 6.09. The van der Waals surface area contributed by atoms with Crippen molar-refractivity contribution in [2.45, 2.75) is 6.10 Å². The third-order valence-corrected chi connectivity index (χ3v) is 4.21. The minimum Gasteiger partial charge on any atom is -0.485 e. The van der Waals surface area contributed by atoms with Crippen LogP contribution in [0.2, 0.25) is 0 Å². The van der Waals surface area contributed by atoms with E-state index in [9.17, 15) is 4.79 Å². The van der Waals surface area contributed by atoms with Gasteiger partial charge in [0.15, 0.2) is 11.5 Å². The summed E-state index contributed by atoms with van der Waals surface area (Å²) in [5.74, 6) is 0.856. The average Bonchev–Trinajstić information content (AvgIpc) is 2.74. The number of hydrogen-bond donors (Lipinski definition) is 1. The smallest absolute Gasteiger partial charge is 0.284 e. The molecule has 0 saturated heterocycles. The molecule has 1 N–H and O–H groups in total. The van der Waals surface area contributed by atoms with Crippen molar-refractivity contribution in [2.24, 2.45) is 5.10 Å². The number of benzene rings is 3. The molecule has 5 heteroatoms. The number of nitrogens with zero attached hydrogens (tertiary/aromatic N) is 1. The fraction of sp³-hybridized carbons (Fsp3) is 0.0909. The topological polar surface area (TPSA) is 59.9 Å². The maximum absolute atomic E-state index is 12.2. The monoisotopic (exact) mass is 358 g/mol. The lowest BCUT2D eigenvalue weighted by molar-refractivity contribution is -0.130. The second-order valence-electron chi connectivity index (χ2n) is 6.09. The van der Waals surface area contributed by atoms with Crippen molar-refractivity contribution < 1.29 is 14.3 Å². The summed E-state index contributed by atoms with van der Waals surface area (Å²) in [6, 6.07) is 25.4. The lowest BCUT2D eigenvalue weighted by atomic mass is 10.0. The number of ether oxygens (including phenoxy) is 2. The normalized spacial score (nSPS) is 15.5. The van der Waals surface area contributed by atoms with Crippen LogP contribution in [0.5, 0.6) is 11.5 Å². The summed E-state index contributed by atoms with van der Waals surface area (Å²) < 4.78 is 11.2. The minimum atomic E-state index is -0.725. The van der Waals surface area contributed by atoms with Gasteiger partial charge in [-0.1, -0.05) is 66.7 Å². The molecule has 0 radical (unpaired) electrons. The van der Waals surface area contributed by atoms with E-state index in [-0.39, 0.29) is 12.5 Å². The highest BCUT2D eigenvalue weighted by Gasteiger charge is 2.26. The van der Waals surface area contributed by atoms with Crippen molar-refractivity contribution in [1.82, 2.24) is 5.43 Å². The van der Waals surface area contributed by atoms with E-state index in [1.54, 1.807) is 18.3 Å². The van der Waals surface area contributed by atoms with Crippen LogP contribution in [0.25, 0.3) is 11.1 Å². The van der Waals surface area contributed by atoms with Gasteiger partial charge in [-0.05, 0) is 28.8 Å². The van der Waals surface area contributed by atoms with Crippen LogP contribution in [0.3, 0.4) is 0 Å². The Morgan fingerprint density at radius 3 is 2.33 bits per heavy atom. The zero-order valence-electron chi connectivity index (χ0n) is 14.5. The molecule has 4 rings (SSSR count). The van der Waals surface area contributed by atoms with E-state index >= 15 is 0 Å². The van der Waals surface area contributed by atoms with Crippen molar-refractivity contribution in [2.75, 3.05) is 6.61 Å². The summed E-state index contributed by atoms with van der Waals surface area (Å²) >= 11 is 0. The van der Waals surface area contributed by atoms with E-state index in [0.717, 1.165) is 16.7 Å². The van der Waals surface area contributed by atoms with Crippen molar-refractivity contribution in [1.29, 1.82) is 0 Å². The number of amides is 1. The van der Waals surface area contributed by atoms with Crippen molar-refractivity contribution in [3.63, 3.8) is 0 Å². The van der Waals surface area contributed by atoms with Crippen molar-refractivity contribution in [3.8, 4) is 22.6 Å². The number of rotatable bonds is 4. The Morgan fingerprint density at radius 1 is 0.889 bits per heavy atom. The van der Waals surface area contributed by atoms with Gasteiger partial charge in [0.25, 0.3) is 5.91 Å². The molecule has 1 amide bonds. The molecule has 0 aliphatic carbocycles. The first-order valence-electron chi connectivity index (χ1n) is 8.66. The molecule has 3 aromatic rings. The average molecular weight is 358 g/mol. The quantitative estimate of drug-likeness (QED) is 0.572. The van der Waals surface area contributed by atoms with E-state index in [2.05, 4.69) is 22.7 Å². The van der Waals surface area contributed by atoms with Gasteiger partial charge >= 0.3 is 0 Å². The number of carbonyl (C=O) groups is 1. The number of hydrogen-bond acceptors (Lipinski definition) is 4. The molecule has 0 fully saturated rings. The van der Waals surface area contributed by atoms with Gasteiger partial charge in [0.2, 0.25) is 6.10 Å². The summed E-state index contributed by atoms with van der Waals surface area (Å²) in [5.41, 5.74) is 5.68. The van der Waals surface area contributed by atoms with Gasteiger partial charge in [-0.2, -0.15) is 5.10 Å². The molecule has 0 saturated carbocycles. The van der Waals surface area contributed by atoms with E-state index in [1.807, 2.05) is 54.6 Å². The Morgan fingerprint density at radius 2 is 1.56 bits per heavy atom. The number of nitrogens with one attached hydrogen (secondary N) is 1. The van der Waals surface area contributed by atoms with Gasteiger partial charge in [0.05, 0.1) is 6.21 Å². The molecule has 1 unspecified atom stereocenters. The van der Waals surface area contributed by atoms with Crippen LogP contribution in [-0.2, 0) is 4.79 Å². The van der Waals surface area contributed by atoms with Crippen molar-refractivity contribution >= 4 is 12.1 Å². The Labute approximate surface area is 157 Å². The summed E-state index contributed by atoms with van der Waals surface area (Å²) in [7, 11) is 0. The van der Waals surface area contributed by atoms with Gasteiger partial charge in [0, 0.05) is 0 Å². The summed E-state index contributed by atoms with van der Waals surface area (Å²) in [6.45, 7) is 0.157. The number of hydrazone groups is 1. The Bertz CT molecular complexity index is 953. The first-order chi connectivity index (χ1) is 13.3. The maximum Gasteiger partial charge on any atom is 0.284 e. The summed E-state index contributed by atoms with van der Waals surface area (Å²) in [4.78, 5) is 12.2. The molecule has 0 aromatic heterocycles. The first kappa shape index (κ1) is 16.8. The fourth-order valence-electron chi connectivity index (χ4n) is 2.78. The van der Waals surface area contributed by atoms with Crippen LogP contribution in [0, 0.1) is 0 Å². The molecule has 1 aliphatic heterocycles. The predicted octanol–water partition coefficient (Wildman–Crippen LogP) is 3.64. The van der Waals surface area contributed by atoms with Crippen LogP contribution in [0.4, 0.5) is 0 Å². The molecule has 27 heavy (non-hydrogen) atoms. The molecule has 1 atom stereocenters. The van der Waals surface area contributed by atoms with Gasteiger partial charge in [0.1, 0.15) is 6.61 Å². The van der Waals surface area contributed by atoms with Gasteiger partial charge in [-0.3, -0.25) is 4.79 Å². The number of fused-ring (bicyclic) bond motifs is 1. The van der Waals surface area contributed by atoms with Gasteiger partial charge < -0.3 is 9.47 Å². The first-order valence-corrected chi connectivity index (χ1v) is 8.66. The highest BCUT2D eigenvalue weighted by molar-refractivity contribution is 5.85. The fourth-order valence-corrected chi connectivity index (χ4v) is 2.78. The third-order valence-electron chi connectivity index (χ3n) is 4.21. The summed E-state index contributed by atoms with van der Waals surface area (Å²) in [5, 5.41) is 4.02. The minimum absolute atomic E-state index is 0.157. The lowest BCUT2D eigenvalue weighted by Gasteiger charge is -2.24. The van der Waals surface area contributed by atoms with Crippen LogP contribution in [0.15, 0.2) is 84.0 Å². The standard InChI is InChI=1S/C22H18N2O3/c25-22(21-15-26-19-8-4-5-9-20(19)27-21)24-23-14-16-10-12-18(13-11-16)17-6-2-1-3-7-17/h1-14,21H,15H2,(H,24,25)/b23-14+. The zero-order chi connectivity index (χ0) is 18.5. The highest BCUT2D eigenvalue weighted by Crippen LogP contribution is 2.30. The summed E-state index contributed by atoms with van der Waals surface area (Å²) in [6.07, 6.45) is 0.877. The van der Waals surface area contributed by atoms with E-state index in [4.69, 9.17) is 9.47 Å². The largest absolute Gasteiger partial charge is 0.485 e. The number of para-hydroxylation sites is 2. The molecular formula is C22H18N2O3. The molecule has 134 valence electrons. The van der Waals surface area contributed by atoms with Crippen LogP contribution in [-0.4, -0.2) is 24.8 Å². The Kier molecular flexibility index (Phi) is 4.83. The molecule has 1 aliphatic rings. The molecule has 0 bridgehead atoms. The van der Waals surface area contributed by atoms with Crippen molar-refractivity contribution in [3.05, 3.63) is 84.4 Å². The SMILES string of the molecule is O=C(N/N=C/c1ccc(-c2ccccc2)cc1)C1COc2ccccc2O1. The Hall–Kier alpha value is -3.60. The molecular weight excluding hydrogens is 340 g/mol. The predicted molar refractivity (Wildman–Crippen MR) is 104 cm³/mol. The molecule has 0 spiro atoms. The van der Waals surface area contributed by atoms with Gasteiger partial charge in [-0.25, -0.2) is 5.43 Å². The molecule has 1 heterocycles. The second kappa shape index (κ2) is 7.74. The van der Waals surface area contributed by atoms with Crippen LogP contribution >= 0.6 is 0 Å². The lowest BCUT2D eigenvalue weighted by Crippen LogP contribution is -2.42. The van der Waals surface area contributed by atoms with E-state index in [0.29, 0.717) is 11.5 Å². The van der Waals surface area contributed by atoms with E-state index in [1.165, 1.54) is 0 Å². The van der Waals surface area contributed by atoms with Crippen LogP contribution < -0.4 is 14.9 Å². The maximum atomic E-state index is 12.2. The third kappa shape index (κ3) is 3.98. The Balaban J connectivity index is 1.35. The highest BCUT2D eigenvalue weighted by atomic mass is 16.6. The van der Waals surface area contributed by atoms with Crippen LogP contribution in [0.1, 0.15) is 5.56 Å². The molecule has 5 nitrogen and oxygen atoms in total. The number of carbonyl (C=O) groups excluding carboxylic acids is 1. The molecule has 3 aromatic carbocycles.